The average Bonchev–Trinajstić information content (AvgIpc) is 2.97. The third-order valence-corrected chi connectivity index (χ3v) is 6.76. The fourth-order valence-electron chi connectivity index (χ4n) is 3.50. The maximum Gasteiger partial charge on any atom is 0.270 e. The Balaban J connectivity index is 0.00000225. The highest BCUT2D eigenvalue weighted by atomic mass is 35.5. The largest absolute Gasteiger partial charge is 0.345 e. The average molecular weight is 391 g/mol. The van der Waals surface area contributed by atoms with E-state index in [-0.39, 0.29) is 29.3 Å². The number of nitrogens with two attached hydrogens (primary N) is 1. The second-order valence-electron chi connectivity index (χ2n) is 6.79. The highest BCUT2D eigenvalue weighted by Gasteiger charge is 2.30. The van der Waals surface area contributed by atoms with Gasteiger partial charge in [0.05, 0.1) is 0 Å². The second kappa shape index (κ2) is 8.07. The van der Waals surface area contributed by atoms with Gasteiger partial charge in [0.1, 0.15) is 10.6 Å². The summed E-state index contributed by atoms with van der Waals surface area (Å²) in [5.74, 6) is -0.146. The van der Waals surface area contributed by atoms with Crippen molar-refractivity contribution < 1.29 is 13.2 Å². The summed E-state index contributed by atoms with van der Waals surface area (Å²) in [6.45, 7) is 2.31. The Morgan fingerprint density at radius 1 is 1.16 bits per heavy atom. The number of carbonyl (C=O) groups excluding carboxylic acids is 1. The monoisotopic (exact) mass is 390 g/mol. The van der Waals surface area contributed by atoms with Crippen molar-refractivity contribution in [3.63, 3.8) is 0 Å². The zero-order chi connectivity index (χ0) is 17.3. The zero-order valence-electron chi connectivity index (χ0n) is 14.6. The molecule has 2 aliphatic rings. The van der Waals surface area contributed by atoms with Crippen LogP contribution in [0.4, 0.5) is 0 Å². The maximum atomic E-state index is 12.8. The van der Waals surface area contributed by atoms with Gasteiger partial charge in [0, 0.05) is 45.5 Å². The van der Waals surface area contributed by atoms with Gasteiger partial charge in [0.2, 0.25) is 10.0 Å². The third kappa shape index (κ3) is 4.19. The molecule has 7 nitrogen and oxygen atoms in total. The van der Waals surface area contributed by atoms with Crippen molar-refractivity contribution >= 4 is 28.3 Å². The van der Waals surface area contributed by atoms with Gasteiger partial charge in [-0.25, -0.2) is 8.42 Å². The highest BCUT2D eigenvalue weighted by Crippen LogP contribution is 2.23. The maximum absolute atomic E-state index is 12.8. The lowest BCUT2D eigenvalue weighted by molar-refractivity contribution is 0.0699. The van der Waals surface area contributed by atoms with Gasteiger partial charge < -0.3 is 15.2 Å². The predicted molar refractivity (Wildman–Crippen MR) is 98.4 cm³/mol. The molecule has 1 amide bonds. The van der Waals surface area contributed by atoms with Crippen molar-refractivity contribution in [1.82, 2.24) is 13.8 Å². The molecule has 0 radical (unpaired) electrons. The number of aromatic nitrogens is 1. The summed E-state index contributed by atoms with van der Waals surface area (Å²) < 4.78 is 28.7. The summed E-state index contributed by atoms with van der Waals surface area (Å²) in [6, 6.07) is 1.51. The summed E-state index contributed by atoms with van der Waals surface area (Å²) >= 11 is 0. The van der Waals surface area contributed by atoms with Crippen molar-refractivity contribution in [3.8, 4) is 0 Å². The van der Waals surface area contributed by atoms with E-state index in [4.69, 9.17) is 5.73 Å². The molecule has 0 aliphatic carbocycles. The third-order valence-electron chi connectivity index (χ3n) is 4.90. The molecule has 25 heavy (non-hydrogen) atoms. The standard InChI is InChI=1S/C16H26N4O3S.ClH/c1-18-12-14(24(22,23)20-8-3-2-4-9-20)10-15(18)16(21)19-7-5-6-13(17)11-19;/h10,12-13H,2-9,11,17H2,1H3;1H. The Bertz CT molecular complexity index is 713. The number of nitrogens with zero attached hydrogens (tertiary/aromatic N) is 3. The molecule has 2 fully saturated rings. The van der Waals surface area contributed by atoms with Crippen molar-refractivity contribution in [3.05, 3.63) is 18.0 Å². The number of aryl methyl sites for hydroxylation is 1. The lowest BCUT2D eigenvalue weighted by Gasteiger charge is -2.30. The number of piperidine rings is 2. The minimum atomic E-state index is -3.52. The molecule has 0 saturated carbocycles. The lowest BCUT2D eigenvalue weighted by atomic mass is 10.1. The van der Waals surface area contributed by atoms with Crippen LogP contribution in [0.15, 0.2) is 17.2 Å². The van der Waals surface area contributed by atoms with E-state index in [0.29, 0.717) is 31.9 Å². The minimum absolute atomic E-state index is 0. The topological polar surface area (TPSA) is 88.6 Å². The normalized spacial score (nSPS) is 22.5. The number of amides is 1. The van der Waals surface area contributed by atoms with Gasteiger partial charge in [-0.15, -0.1) is 12.4 Å². The first-order valence-electron chi connectivity index (χ1n) is 8.61. The van der Waals surface area contributed by atoms with E-state index < -0.39 is 10.0 Å². The van der Waals surface area contributed by atoms with Crippen LogP contribution in [0.25, 0.3) is 0 Å². The van der Waals surface area contributed by atoms with Gasteiger partial charge in [-0.3, -0.25) is 4.79 Å². The fourth-order valence-corrected chi connectivity index (χ4v) is 5.09. The Labute approximate surface area is 155 Å². The molecule has 3 heterocycles. The molecule has 142 valence electrons. The van der Waals surface area contributed by atoms with Crippen LogP contribution in [0.2, 0.25) is 0 Å². The van der Waals surface area contributed by atoms with Gasteiger partial charge in [-0.1, -0.05) is 6.42 Å². The molecule has 1 atom stereocenters. The Hall–Kier alpha value is -1.09. The van der Waals surface area contributed by atoms with Crippen LogP contribution < -0.4 is 5.73 Å². The van der Waals surface area contributed by atoms with Crippen LogP contribution >= 0.6 is 12.4 Å². The van der Waals surface area contributed by atoms with Crippen LogP contribution in [0.5, 0.6) is 0 Å². The first-order valence-corrected chi connectivity index (χ1v) is 10.0. The van der Waals surface area contributed by atoms with E-state index in [0.717, 1.165) is 32.1 Å². The van der Waals surface area contributed by atoms with Crippen LogP contribution in [-0.2, 0) is 17.1 Å². The molecule has 2 saturated heterocycles. The molecule has 2 N–H and O–H groups in total. The number of rotatable bonds is 3. The number of hydrogen-bond acceptors (Lipinski definition) is 4. The van der Waals surface area contributed by atoms with Crippen LogP contribution in [0, 0.1) is 0 Å². The highest BCUT2D eigenvalue weighted by molar-refractivity contribution is 7.89. The van der Waals surface area contributed by atoms with Gasteiger partial charge in [-0.05, 0) is 31.7 Å². The van der Waals surface area contributed by atoms with E-state index in [1.54, 1.807) is 22.7 Å². The van der Waals surface area contributed by atoms with Crippen molar-refractivity contribution in [2.45, 2.75) is 43.0 Å². The Morgan fingerprint density at radius 2 is 1.84 bits per heavy atom. The van der Waals surface area contributed by atoms with Crippen molar-refractivity contribution in [2.24, 2.45) is 12.8 Å². The molecule has 0 bridgehead atoms. The number of halogens is 1. The molecular weight excluding hydrogens is 364 g/mol. The van der Waals surface area contributed by atoms with Gasteiger partial charge in [-0.2, -0.15) is 4.31 Å². The number of likely N-dealkylation sites (tertiary alicyclic amines) is 1. The summed E-state index contributed by atoms with van der Waals surface area (Å²) in [5, 5.41) is 0. The number of sulfonamides is 1. The first-order chi connectivity index (χ1) is 11.4. The summed E-state index contributed by atoms with van der Waals surface area (Å²) in [4.78, 5) is 14.7. The smallest absolute Gasteiger partial charge is 0.270 e. The van der Waals surface area contributed by atoms with Crippen molar-refractivity contribution in [2.75, 3.05) is 26.2 Å². The molecule has 2 aliphatic heterocycles. The first kappa shape index (κ1) is 20.2. The Morgan fingerprint density at radius 3 is 2.48 bits per heavy atom. The quantitative estimate of drug-likeness (QED) is 0.839. The molecule has 9 heteroatoms. The van der Waals surface area contributed by atoms with Gasteiger partial charge in [0.15, 0.2) is 0 Å². The van der Waals surface area contributed by atoms with E-state index in [2.05, 4.69) is 0 Å². The molecular formula is C16H27ClN4O3S. The van der Waals surface area contributed by atoms with Gasteiger partial charge in [0.25, 0.3) is 5.91 Å². The van der Waals surface area contributed by atoms with E-state index in [1.165, 1.54) is 10.4 Å². The summed E-state index contributed by atoms with van der Waals surface area (Å²) in [6.07, 6.45) is 6.20. The molecule has 3 rings (SSSR count). The molecule has 1 unspecified atom stereocenters. The molecule has 1 aromatic rings. The number of carbonyl (C=O) groups is 1. The van der Waals surface area contributed by atoms with E-state index in [1.807, 2.05) is 0 Å². The lowest BCUT2D eigenvalue weighted by Crippen LogP contribution is -2.46. The second-order valence-corrected chi connectivity index (χ2v) is 8.73. The predicted octanol–water partition coefficient (Wildman–Crippen LogP) is 1.18. The minimum Gasteiger partial charge on any atom is -0.345 e. The fraction of sp³-hybridized carbons (Fsp3) is 0.688. The molecule has 1 aromatic heterocycles. The zero-order valence-corrected chi connectivity index (χ0v) is 16.2. The van der Waals surface area contributed by atoms with Crippen molar-refractivity contribution in [1.29, 1.82) is 0 Å². The number of hydrogen-bond donors (Lipinski definition) is 1. The van der Waals surface area contributed by atoms with Crippen LogP contribution in [0.1, 0.15) is 42.6 Å². The molecule has 0 aromatic carbocycles. The Kier molecular flexibility index (Phi) is 6.53. The van der Waals surface area contributed by atoms with Crippen LogP contribution in [0.3, 0.4) is 0 Å². The van der Waals surface area contributed by atoms with E-state index in [9.17, 15) is 13.2 Å². The van der Waals surface area contributed by atoms with Crippen LogP contribution in [-0.4, -0.2) is 60.3 Å². The molecule has 0 spiro atoms. The van der Waals surface area contributed by atoms with E-state index >= 15 is 0 Å². The SMILES string of the molecule is Cl.Cn1cc(S(=O)(=O)N2CCCCC2)cc1C(=O)N1CCCC(N)C1. The van der Waals surface area contributed by atoms with Gasteiger partial charge >= 0.3 is 0 Å². The summed E-state index contributed by atoms with van der Waals surface area (Å²) in [5.41, 5.74) is 6.35. The summed E-state index contributed by atoms with van der Waals surface area (Å²) in [7, 11) is -1.81.